The number of halogens is 1. The Balaban J connectivity index is 2.07. The van der Waals surface area contributed by atoms with Crippen molar-refractivity contribution >= 4 is 33.4 Å². The number of thioether (sulfide) groups is 1. The van der Waals surface area contributed by atoms with Gasteiger partial charge in [0.15, 0.2) is 0 Å². The number of sulfonamides is 1. The maximum absolute atomic E-state index is 12.7. The van der Waals surface area contributed by atoms with Crippen LogP contribution in [-0.4, -0.2) is 45.2 Å². The molecule has 0 bridgehead atoms. The van der Waals surface area contributed by atoms with Crippen LogP contribution in [0.2, 0.25) is 5.02 Å². The van der Waals surface area contributed by atoms with Crippen LogP contribution in [0.4, 0.5) is 0 Å². The molecule has 7 heteroatoms. The topological polar surface area (TPSA) is 49.4 Å². The highest BCUT2D eigenvalue weighted by Crippen LogP contribution is 2.30. The maximum Gasteiger partial charge on any atom is 0.243 e. The Labute approximate surface area is 142 Å². The van der Waals surface area contributed by atoms with Crippen LogP contribution in [0.25, 0.3) is 0 Å². The second kappa shape index (κ2) is 8.02. The summed E-state index contributed by atoms with van der Waals surface area (Å²) in [6.07, 6.45) is 3.73. The molecular formula is C15H23ClN2O2S2. The van der Waals surface area contributed by atoms with Gasteiger partial charge in [-0.2, -0.15) is 4.31 Å². The largest absolute Gasteiger partial charge is 0.317 e. The van der Waals surface area contributed by atoms with Gasteiger partial charge in [0.05, 0.1) is 9.92 Å². The van der Waals surface area contributed by atoms with E-state index in [1.165, 1.54) is 11.8 Å². The summed E-state index contributed by atoms with van der Waals surface area (Å²) in [5.74, 6) is 0.564. The second-order valence-electron chi connectivity index (χ2n) is 5.45. The summed E-state index contributed by atoms with van der Waals surface area (Å²) >= 11 is 7.65. The fourth-order valence-corrected chi connectivity index (χ4v) is 5.09. The van der Waals surface area contributed by atoms with Crippen molar-refractivity contribution in [3.8, 4) is 0 Å². The van der Waals surface area contributed by atoms with E-state index in [1.54, 1.807) is 22.5 Å². The Morgan fingerprint density at radius 3 is 2.59 bits per heavy atom. The van der Waals surface area contributed by atoms with E-state index in [0.29, 0.717) is 28.9 Å². The predicted octanol–water partition coefficient (Wildman–Crippen LogP) is 3.07. The number of nitrogens with one attached hydrogen (secondary N) is 1. The summed E-state index contributed by atoms with van der Waals surface area (Å²) in [5.41, 5.74) is 0. The standard InChI is InChI=1S/C15H23ClN2O2S2/c1-3-17-11-12-6-8-18(9-7-12)22(19,20)13-4-5-15(21-2)14(16)10-13/h4-5,10,12,17H,3,6-9,11H2,1-2H3. The maximum atomic E-state index is 12.7. The monoisotopic (exact) mass is 362 g/mol. The van der Waals surface area contributed by atoms with Gasteiger partial charge in [-0.05, 0) is 56.3 Å². The lowest BCUT2D eigenvalue weighted by Crippen LogP contribution is -2.40. The first kappa shape index (κ1) is 18.1. The molecule has 0 saturated carbocycles. The molecule has 1 heterocycles. The molecular weight excluding hydrogens is 340 g/mol. The molecule has 124 valence electrons. The van der Waals surface area contributed by atoms with E-state index in [0.717, 1.165) is 30.8 Å². The number of rotatable bonds is 6. The third-order valence-electron chi connectivity index (χ3n) is 4.02. The number of piperidine rings is 1. The van der Waals surface area contributed by atoms with Crippen molar-refractivity contribution in [2.75, 3.05) is 32.4 Å². The van der Waals surface area contributed by atoms with Gasteiger partial charge in [0, 0.05) is 18.0 Å². The Morgan fingerprint density at radius 1 is 1.36 bits per heavy atom. The molecule has 0 radical (unpaired) electrons. The third-order valence-corrected chi connectivity index (χ3v) is 7.13. The van der Waals surface area contributed by atoms with E-state index < -0.39 is 10.0 Å². The molecule has 0 aliphatic carbocycles. The molecule has 0 unspecified atom stereocenters. The molecule has 1 fully saturated rings. The van der Waals surface area contributed by atoms with Crippen molar-refractivity contribution in [3.05, 3.63) is 23.2 Å². The second-order valence-corrected chi connectivity index (χ2v) is 8.64. The van der Waals surface area contributed by atoms with Crippen LogP contribution < -0.4 is 5.32 Å². The Bertz CT molecular complexity index is 600. The van der Waals surface area contributed by atoms with Crippen molar-refractivity contribution in [3.63, 3.8) is 0 Å². The first-order valence-electron chi connectivity index (χ1n) is 7.53. The zero-order valence-corrected chi connectivity index (χ0v) is 15.4. The molecule has 0 aromatic heterocycles. The zero-order valence-electron chi connectivity index (χ0n) is 13.0. The molecule has 22 heavy (non-hydrogen) atoms. The van der Waals surface area contributed by atoms with Gasteiger partial charge in [0.2, 0.25) is 10.0 Å². The molecule has 1 aromatic rings. The van der Waals surface area contributed by atoms with Gasteiger partial charge >= 0.3 is 0 Å². The smallest absolute Gasteiger partial charge is 0.243 e. The van der Waals surface area contributed by atoms with Crippen LogP contribution >= 0.6 is 23.4 Å². The highest BCUT2D eigenvalue weighted by molar-refractivity contribution is 7.98. The fourth-order valence-electron chi connectivity index (χ4n) is 2.66. The minimum absolute atomic E-state index is 0.292. The van der Waals surface area contributed by atoms with Gasteiger partial charge in [0.25, 0.3) is 0 Å². The lowest BCUT2D eigenvalue weighted by atomic mass is 9.98. The van der Waals surface area contributed by atoms with Crippen LogP contribution in [0.5, 0.6) is 0 Å². The summed E-state index contributed by atoms with van der Waals surface area (Å²) in [4.78, 5) is 1.19. The first-order valence-corrected chi connectivity index (χ1v) is 10.6. The van der Waals surface area contributed by atoms with Crippen LogP contribution in [0.1, 0.15) is 19.8 Å². The van der Waals surface area contributed by atoms with Crippen LogP contribution in [0.15, 0.2) is 28.0 Å². The molecule has 1 N–H and O–H groups in total. The fraction of sp³-hybridized carbons (Fsp3) is 0.600. The summed E-state index contributed by atoms with van der Waals surface area (Å²) in [6, 6.07) is 4.99. The van der Waals surface area contributed by atoms with Gasteiger partial charge in [0.1, 0.15) is 0 Å². The van der Waals surface area contributed by atoms with Crippen molar-refractivity contribution in [1.29, 1.82) is 0 Å². The Morgan fingerprint density at radius 2 is 2.05 bits per heavy atom. The van der Waals surface area contributed by atoms with E-state index in [2.05, 4.69) is 12.2 Å². The van der Waals surface area contributed by atoms with Crippen molar-refractivity contribution in [2.45, 2.75) is 29.6 Å². The van der Waals surface area contributed by atoms with Crippen molar-refractivity contribution in [2.24, 2.45) is 5.92 Å². The van der Waals surface area contributed by atoms with E-state index >= 15 is 0 Å². The molecule has 4 nitrogen and oxygen atoms in total. The normalized spacial score (nSPS) is 17.8. The third kappa shape index (κ3) is 4.17. The van der Waals surface area contributed by atoms with Crippen LogP contribution in [0, 0.1) is 5.92 Å². The number of hydrogen-bond acceptors (Lipinski definition) is 4. The average molecular weight is 363 g/mol. The van der Waals surface area contributed by atoms with E-state index in [1.807, 2.05) is 6.26 Å². The minimum Gasteiger partial charge on any atom is -0.317 e. The van der Waals surface area contributed by atoms with E-state index in [9.17, 15) is 8.42 Å². The number of benzene rings is 1. The Hall–Kier alpha value is -0.270. The summed E-state index contributed by atoms with van der Waals surface area (Å²) in [6.45, 7) is 5.18. The van der Waals surface area contributed by atoms with Gasteiger partial charge in [-0.3, -0.25) is 0 Å². The molecule has 2 rings (SSSR count). The molecule has 0 spiro atoms. The van der Waals surface area contributed by atoms with Gasteiger partial charge in [-0.25, -0.2) is 8.42 Å². The van der Waals surface area contributed by atoms with Gasteiger partial charge < -0.3 is 5.32 Å². The summed E-state index contributed by atoms with van der Waals surface area (Å²) in [7, 11) is -3.43. The van der Waals surface area contributed by atoms with Gasteiger partial charge in [-0.1, -0.05) is 18.5 Å². The van der Waals surface area contributed by atoms with E-state index in [-0.39, 0.29) is 0 Å². The quantitative estimate of drug-likeness (QED) is 0.790. The molecule has 1 aliphatic rings. The predicted molar refractivity (Wildman–Crippen MR) is 93.3 cm³/mol. The van der Waals surface area contributed by atoms with E-state index in [4.69, 9.17) is 11.6 Å². The highest BCUT2D eigenvalue weighted by atomic mass is 35.5. The molecule has 0 amide bonds. The molecule has 1 saturated heterocycles. The SMILES string of the molecule is CCNCC1CCN(S(=O)(=O)c2ccc(SC)c(Cl)c2)CC1. The number of hydrogen-bond donors (Lipinski definition) is 1. The molecule has 1 aromatic carbocycles. The average Bonchev–Trinajstić information content (AvgIpc) is 2.53. The lowest BCUT2D eigenvalue weighted by Gasteiger charge is -2.31. The first-order chi connectivity index (χ1) is 10.5. The summed E-state index contributed by atoms with van der Waals surface area (Å²) < 4.78 is 27.0. The van der Waals surface area contributed by atoms with Crippen molar-refractivity contribution in [1.82, 2.24) is 9.62 Å². The molecule has 0 atom stereocenters. The lowest BCUT2D eigenvalue weighted by molar-refractivity contribution is 0.268. The summed E-state index contributed by atoms with van der Waals surface area (Å²) in [5, 5.41) is 3.83. The zero-order chi connectivity index (χ0) is 16.2. The Kier molecular flexibility index (Phi) is 6.58. The molecule has 1 aliphatic heterocycles. The number of nitrogens with zero attached hydrogens (tertiary/aromatic N) is 1. The van der Waals surface area contributed by atoms with Crippen molar-refractivity contribution < 1.29 is 8.42 Å². The van der Waals surface area contributed by atoms with Crippen LogP contribution in [0.3, 0.4) is 0 Å². The minimum atomic E-state index is -3.43. The highest BCUT2D eigenvalue weighted by Gasteiger charge is 2.29. The van der Waals surface area contributed by atoms with Gasteiger partial charge in [-0.15, -0.1) is 11.8 Å². The van der Waals surface area contributed by atoms with Crippen LogP contribution in [-0.2, 0) is 10.0 Å².